The van der Waals surface area contributed by atoms with E-state index in [1.54, 1.807) is 4.52 Å². The Labute approximate surface area is 74.4 Å². The molecule has 0 spiro atoms. The fraction of sp³-hybridized carbons (Fsp3) is 0.250. The predicted octanol–water partition coefficient (Wildman–Crippen LogP) is 0.554. The van der Waals surface area contributed by atoms with Crippen molar-refractivity contribution in [3.8, 4) is 0 Å². The molecule has 2 heterocycles. The maximum atomic E-state index is 10.5. The third-order valence-corrected chi connectivity index (χ3v) is 1.82. The van der Waals surface area contributed by atoms with Crippen molar-refractivity contribution in [2.75, 3.05) is 0 Å². The second-order valence-corrected chi connectivity index (χ2v) is 2.87. The van der Waals surface area contributed by atoms with Gasteiger partial charge in [0.15, 0.2) is 17.6 Å². The molecule has 5 heteroatoms. The number of rotatable bonds is 1. The van der Waals surface area contributed by atoms with Crippen LogP contribution in [-0.2, 0) is 0 Å². The molecule has 13 heavy (non-hydrogen) atoms. The van der Waals surface area contributed by atoms with Gasteiger partial charge in [-0.1, -0.05) is 5.21 Å². The van der Waals surface area contributed by atoms with Gasteiger partial charge >= 0.3 is 0 Å². The molecule has 0 unspecified atom stereocenters. The molecule has 0 aliphatic carbocycles. The minimum atomic E-state index is 0.284. The highest BCUT2D eigenvalue weighted by molar-refractivity contribution is 5.80. The number of carbonyl (C=O) groups is 1. The number of aldehydes is 1. The zero-order valence-corrected chi connectivity index (χ0v) is 7.35. The van der Waals surface area contributed by atoms with Gasteiger partial charge in [-0.25, -0.2) is 4.98 Å². The summed E-state index contributed by atoms with van der Waals surface area (Å²) in [4.78, 5) is 14.7. The van der Waals surface area contributed by atoms with E-state index in [0.29, 0.717) is 11.9 Å². The smallest absolute Gasteiger partial charge is 0.186 e. The van der Waals surface area contributed by atoms with Crippen LogP contribution >= 0.6 is 0 Å². The first kappa shape index (κ1) is 7.85. The van der Waals surface area contributed by atoms with Crippen LogP contribution < -0.4 is 0 Å². The molecule has 0 aliphatic heterocycles. The molecule has 0 saturated heterocycles. The fourth-order valence-electron chi connectivity index (χ4n) is 1.27. The molecule has 0 bridgehead atoms. The molecule has 2 rings (SSSR count). The number of aromatic nitrogens is 4. The molecular weight excluding hydrogens is 168 g/mol. The summed E-state index contributed by atoms with van der Waals surface area (Å²) < 4.78 is 1.55. The van der Waals surface area contributed by atoms with E-state index in [4.69, 9.17) is 0 Å². The Kier molecular flexibility index (Phi) is 1.58. The summed E-state index contributed by atoms with van der Waals surface area (Å²) in [5, 5.41) is 7.50. The van der Waals surface area contributed by atoms with Gasteiger partial charge in [0.25, 0.3) is 0 Å². The summed E-state index contributed by atoms with van der Waals surface area (Å²) in [6.45, 7) is 3.76. The number of fused-ring (bicyclic) bond motifs is 1. The van der Waals surface area contributed by atoms with Crippen molar-refractivity contribution < 1.29 is 4.79 Å². The summed E-state index contributed by atoms with van der Waals surface area (Å²) in [5.41, 5.74) is 2.58. The summed E-state index contributed by atoms with van der Waals surface area (Å²) in [6, 6.07) is 1.89. The molecule has 0 aromatic carbocycles. The van der Waals surface area contributed by atoms with Crippen LogP contribution in [0.5, 0.6) is 0 Å². The topological polar surface area (TPSA) is 60.2 Å². The summed E-state index contributed by atoms with van der Waals surface area (Å²) in [5.74, 6) is 0. The lowest BCUT2D eigenvalue weighted by molar-refractivity contribution is 0.112. The monoisotopic (exact) mass is 176 g/mol. The normalized spacial score (nSPS) is 10.6. The third kappa shape index (κ3) is 1.09. The summed E-state index contributed by atoms with van der Waals surface area (Å²) in [7, 11) is 0. The summed E-state index contributed by atoms with van der Waals surface area (Å²) >= 11 is 0. The van der Waals surface area contributed by atoms with Gasteiger partial charge in [0, 0.05) is 11.4 Å². The Morgan fingerprint density at radius 3 is 2.92 bits per heavy atom. The predicted molar refractivity (Wildman–Crippen MR) is 45.6 cm³/mol. The van der Waals surface area contributed by atoms with Crippen LogP contribution in [0.4, 0.5) is 0 Å². The minimum absolute atomic E-state index is 0.284. The molecule has 0 atom stereocenters. The van der Waals surface area contributed by atoms with Crippen LogP contribution in [0.25, 0.3) is 5.65 Å². The quantitative estimate of drug-likeness (QED) is 0.595. The highest BCUT2D eigenvalue weighted by atomic mass is 16.1. The lowest BCUT2D eigenvalue weighted by Gasteiger charge is -1.98. The molecule has 0 radical (unpaired) electrons. The molecule has 2 aromatic heterocycles. The van der Waals surface area contributed by atoms with Gasteiger partial charge < -0.3 is 0 Å². The molecule has 66 valence electrons. The van der Waals surface area contributed by atoms with E-state index in [0.717, 1.165) is 11.4 Å². The van der Waals surface area contributed by atoms with E-state index >= 15 is 0 Å². The zero-order valence-electron chi connectivity index (χ0n) is 7.35. The Hall–Kier alpha value is -1.78. The van der Waals surface area contributed by atoms with E-state index in [1.165, 1.54) is 0 Å². The minimum Gasteiger partial charge on any atom is -0.296 e. The number of carbonyl (C=O) groups excluding carboxylic acids is 1. The van der Waals surface area contributed by atoms with Crippen molar-refractivity contribution in [1.29, 1.82) is 0 Å². The van der Waals surface area contributed by atoms with Gasteiger partial charge in [-0.15, -0.1) is 5.10 Å². The van der Waals surface area contributed by atoms with Gasteiger partial charge in [0.05, 0.1) is 0 Å². The van der Waals surface area contributed by atoms with Crippen LogP contribution in [0.3, 0.4) is 0 Å². The molecule has 0 amide bonds. The van der Waals surface area contributed by atoms with Crippen molar-refractivity contribution in [3.05, 3.63) is 23.1 Å². The van der Waals surface area contributed by atoms with Gasteiger partial charge in [0.2, 0.25) is 0 Å². The number of hydrogen-bond acceptors (Lipinski definition) is 4. The first-order chi connectivity index (χ1) is 6.22. The van der Waals surface area contributed by atoms with Gasteiger partial charge in [-0.3, -0.25) is 4.79 Å². The molecule has 2 aromatic rings. The van der Waals surface area contributed by atoms with E-state index < -0.39 is 0 Å². The van der Waals surface area contributed by atoms with E-state index in [9.17, 15) is 4.79 Å². The van der Waals surface area contributed by atoms with Crippen molar-refractivity contribution >= 4 is 11.9 Å². The van der Waals surface area contributed by atoms with E-state index in [1.807, 2.05) is 19.9 Å². The van der Waals surface area contributed by atoms with Gasteiger partial charge in [-0.2, -0.15) is 4.52 Å². The molecule has 5 nitrogen and oxygen atoms in total. The van der Waals surface area contributed by atoms with E-state index in [2.05, 4.69) is 15.3 Å². The summed E-state index contributed by atoms with van der Waals surface area (Å²) in [6.07, 6.45) is 0.661. The lowest BCUT2D eigenvalue weighted by Crippen LogP contribution is -1.97. The SMILES string of the molecule is Cc1cc(C)n2nnc(C=O)c2n1. The first-order valence-corrected chi connectivity index (χ1v) is 3.87. The van der Waals surface area contributed by atoms with Crippen LogP contribution in [0, 0.1) is 13.8 Å². The van der Waals surface area contributed by atoms with Crippen molar-refractivity contribution in [2.24, 2.45) is 0 Å². The Balaban J connectivity index is 2.89. The fourth-order valence-corrected chi connectivity index (χ4v) is 1.27. The van der Waals surface area contributed by atoms with Crippen LogP contribution in [0.15, 0.2) is 6.07 Å². The third-order valence-electron chi connectivity index (χ3n) is 1.82. The lowest BCUT2D eigenvalue weighted by atomic mass is 10.3. The van der Waals surface area contributed by atoms with Crippen molar-refractivity contribution in [1.82, 2.24) is 19.8 Å². The van der Waals surface area contributed by atoms with Crippen molar-refractivity contribution in [2.45, 2.75) is 13.8 Å². The van der Waals surface area contributed by atoms with Crippen molar-refractivity contribution in [3.63, 3.8) is 0 Å². The van der Waals surface area contributed by atoms with Gasteiger partial charge in [0.1, 0.15) is 0 Å². The zero-order chi connectivity index (χ0) is 9.42. The van der Waals surface area contributed by atoms with Crippen LogP contribution in [-0.4, -0.2) is 26.1 Å². The maximum absolute atomic E-state index is 10.5. The Morgan fingerprint density at radius 1 is 1.46 bits per heavy atom. The molecular formula is C8H8N4O. The largest absolute Gasteiger partial charge is 0.296 e. The highest BCUT2D eigenvalue weighted by Gasteiger charge is 2.08. The number of hydrogen-bond donors (Lipinski definition) is 0. The second-order valence-electron chi connectivity index (χ2n) is 2.87. The number of nitrogens with zero attached hydrogens (tertiary/aromatic N) is 4. The molecule has 0 fully saturated rings. The molecule has 0 N–H and O–H groups in total. The highest BCUT2D eigenvalue weighted by Crippen LogP contribution is 2.07. The van der Waals surface area contributed by atoms with Gasteiger partial charge in [-0.05, 0) is 19.9 Å². The molecule has 0 saturated carbocycles. The van der Waals surface area contributed by atoms with Crippen LogP contribution in [0.2, 0.25) is 0 Å². The average Bonchev–Trinajstić information content (AvgIpc) is 2.47. The second kappa shape index (κ2) is 2.62. The Morgan fingerprint density at radius 2 is 2.23 bits per heavy atom. The Bertz CT molecular complexity index is 474. The number of aryl methyl sites for hydroxylation is 2. The average molecular weight is 176 g/mol. The standard InChI is InChI=1S/C8H8N4O/c1-5-3-6(2)12-8(9-5)7(4-13)10-11-12/h3-4H,1-2H3. The molecule has 0 aliphatic rings. The van der Waals surface area contributed by atoms with Crippen LogP contribution in [0.1, 0.15) is 21.9 Å². The first-order valence-electron chi connectivity index (χ1n) is 3.87. The van der Waals surface area contributed by atoms with E-state index in [-0.39, 0.29) is 5.69 Å². The maximum Gasteiger partial charge on any atom is 0.186 e.